The van der Waals surface area contributed by atoms with Crippen LogP contribution in [0.2, 0.25) is 0 Å². The average Bonchev–Trinajstić information content (AvgIpc) is 2.43. The molecule has 0 bridgehead atoms. The van der Waals surface area contributed by atoms with Crippen LogP contribution in [0, 0.1) is 0 Å². The molecule has 6 heteroatoms. The fourth-order valence-electron chi connectivity index (χ4n) is 1.97. The molecule has 6 nitrogen and oxygen atoms in total. The minimum atomic E-state index is 0.0726. The van der Waals surface area contributed by atoms with Crippen LogP contribution in [-0.2, 0) is 14.2 Å². The molecule has 0 amide bonds. The number of nitrogens with zero attached hydrogens (tertiary/aromatic N) is 3. The van der Waals surface area contributed by atoms with Gasteiger partial charge in [-0.05, 0) is 20.8 Å². The smallest absolute Gasteiger partial charge is 0.109 e. The molecule has 1 heterocycles. The maximum absolute atomic E-state index is 5.40. The van der Waals surface area contributed by atoms with Crippen molar-refractivity contribution in [1.82, 2.24) is 14.7 Å². The third kappa shape index (κ3) is 3.88. The first-order chi connectivity index (χ1) is 8.53. The molecule has 0 radical (unpaired) electrons. The standard InChI is InChI=1S/C12H27N3O3/c1-10(16-4)13-7-14(11(2)17-5)9-15(8-13)12(3)18-6/h10-12H,7-9H2,1-6H3. The Morgan fingerprint density at radius 3 is 1.00 bits per heavy atom. The van der Waals surface area contributed by atoms with Gasteiger partial charge in [-0.1, -0.05) is 0 Å². The molecule has 0 saturated carbocycles. The van der Waals surface area contributed by atoms with E-state index in [1.165, 1.54) is 0 Å². The molecular formula is C12H27N3O3. The Balaban J connectivity index is 2.71. The van der Waals surface area contributed by atoms with Crippen LogP contribution < -0.4 is 0 Å². The Kier molecular flexibility index (Phi) is 6.48. The highest BCUT2D eigenvalue weighted by atomic mass is 16.5. The lowest BCUT2D eigenvalue weighted by atomic mass is 10.4. The fourth-order valence-corrected chi connectivity index (χ4v) is 1.97. The van der Waals surface area contributed by atoms with E-state index in [1.54, 1.807) is 21.3 Å². The zero-order valence-electron chi connectivity index (χ0n) is 12.4. The third-order valence-electron chi connectivity index (χ3n) is 3.66. The Bertz CT molecular complexity index is 199. The van der Waals surface area contributed by atoms with E-state index < -0.39 is 0 Å². The molecule has 3 atom stereocenters. The van der Waals surface area contributed by atoms with Gasteiger partial charge in [0.25, 0.3) is 0 Å². The number of methoxy groups -OCH3 is 3. The molecule has 1 fully saturated rings. The molecule has 18 heavy (non-hydrogen) atoms. The second-order valence-corrected chi connectivity index (χ2v) is 4.70. The summed E-state index contributed by atoms with van der Waals surface area (Å²) in [5.41, 5.74) is 0. The zero-order chi connectivity index (χ0) is 13.7. The lowest BCUT2D eigenvalue weighted by Gasteiger charge is -2.47. The molecule has 0 spiro atoms. The van der Waals surface area contributed by atoms with E-state index in [2.05, 4.69) is 35.5 Å². The first-order valence-electron chi connectivity index (χ1n) is 6.34. The summed E-state index contributed by atoms with van der Waals surface area (Å²) in [4.78, 5) is 6.73. The first-order valence-corrected chi connectivity index (χ1v) is 6.34. The van der Waals surface area contributed by atoms with Crippen molar-refractivity contribution in [2.45, 2.75) is 39.5 Å². The third-order valence-corrected chi connectivity index (χ3v) is 3.66. The lowest BCUT2D eigenvalue weighted by molar-refractivity contribution is -0.191. The molecule has 0 aliphatic carbocycles. The highest BCUT2D eigenvalue weighted by molar-refractivity contribution is 4.72. The van der Waals surface area contributed by atoms with E-state index in [0.717, 1.165) is 20.0 Å². The summed E-state index contributed by atoms with van der Waals surface area (Å²) >= 11 is 0. The molecule has 1 aliphatic rings. The van der Waals surface area contributed by atoms with Gasteiger partial charge in [-0.15, -0.1) is 0 Å². The summed E-state index contributed by atoms with van der Waals surface area (Å²) in [6, 6.07) is 0. The summed E-state index contributed by atoms with van der Waals surface area (Å²) < 4.78 is 16.2. The van der Waals surface area contributed by atoms with E-state index in [9.17, 15) is 0 Å². The van der Waals surface area contributed by atoms with Gasteiger partial charge in [-0.3, -0.25) is 14.7 Å². The molecule has 1 aliphatic heterocycles. The SMILES string of the molecule is COC(C)N1CN(C(C)OC)CN(C(C)OC)C1. The van der Waals surface area contributed by atoms with Gasteiger partial charge in [-0.25, -0.2) is 0 Å². The Morgan fingerprint density at radius 1 is 0.611 bits per heavy atom. The van der Waals surface area contributed by atoms with E-state index in [4.69, 9.17) is 14.2 Å². The molecule has 108 valence electrons. The minimum absolute atomic E-state index is 0.0726. The van der Waals surface area contributed by atoms with Crippen LogP contribution in [0.25, 0.3) is 0 Å². The molecular weight excluding hydrogens is 234 g/mol. The molecule has 3 unspecified atom stereocenters. The predicted octanol–water partition coefficient (Wildman–Crippen LogP) is 0.756. The molecule has 1 saturated heterocycles. The Labute approximate surface area is 110 Å². The Morgan fingerprint density at radius 2 is 0.833 bits per heavy atom. The van der Waals surface area contributed by atoms with Crippen LogP contribution in [0.1, 0.15) is 20.8 Å². The summed E-state index contributed by atoms with van der Waals surface area (Å²) in [5.74, 6) is 0. The molecule has 1 rings (SSSR count). The summed E-state index contributed by atoms with van der Waals surface area (Å²) in [6.07, 6.45) is 0.218. The van der Waals surface area contributed by atoms with Crippen molar-refractivity contribution in [2.24, 2.45) is 0 Å². The van der Waals surface area contributed by atoms with Crippen molar-refractivity contribution in [1.29, 1.82) is 0 Å². The molecule has 0 N–H and O–H groups in total. The van der Waals surface area contributed by atoms with Crippen molar-refractivity contribution in [2.75, 3.05) is 41.3 Å². The molecule has 0 aromatic carbocycles. The number of hydrogen-bond donors (Lipinski definition) is 0. The predicted molar refractivity (Wildman–Crippen MR) is 69.5 cm³/mol. The average molecular weight is 261 g/mol. The zero-order valence-corrected chi connectivity index (χ0v) is 12.4. The van der Waals surface area contributed by atoms with E-state index >= 15 is 0 Å². The highest BCUT2D eigenvalue weighted by Crippen LogP contribution is 2.16. The number of ether oxygens (including phenoxy) is 3. The lowest BCUT2D eigenvalue weighted by Crippen LogP contribution is -2.61. The van der Waals surface area contributed by atoms with Crippen molar-refractivity contribution in [3.05, 3.63) is 0 Å². The second kappa shape index (κ2) is 7.37. The Hall–Kier alpha value is -0.240. The van der Waals surface area contributed by atoms with Gasteiger partial charge >= 0.3 is 0 Å². The summed E-state index contributed by atoms with van der Waals surface area (Å²) in [6.45, 7) is 8.65. The van der Waals surface area contributed by atoms with Gasteiger partial charge in [0.1, 0.15) is 18.7 Å². The largest absolute Gasteiger partial charge is 0.367 e. The monoisotopic (exact) mass is 261 g/mol. The van der Waals surface area contributed by atoms with Crippen LogP contribution in [-0.4, -0.2) is 74.7 Å². The first kappa shape index (κ1) is 15.8. The van der Waals surface area contributed by atoms with Gasteiger partial charge in [0, 0.05) is 21.3 Å². The van der Waals surface area contributed by atoms with E-state index in [-0.39, 0.29) is 18.7 Å². The van der Waals surface area contributed by atoms with Crippen LogP contribution in [0.4, 0.5) is 0 Å². The number of hydrogen-bond acceptors (Lipinski definition) is 6. The van der Waals surface area contributed by atoms with E-state index in [1.807, 2.05) is 0 Å². The topological polar surface area (TPSA) is 37.4 Å². The van der Waals surface area contributed by atoms with Gasteiger partial charge in [-0.2, -0.15) is 0 Å². The van der Waals surface area contributed by atoms with Crippen LogP contribution in [0.15, 0.2) is 0 Å². The van der Waals surface area contributed by atoms with Crippen molar-refractivity contribution >= 4 is 0 Å². The minimum Gasteiger partial charge on any atom is -0.367 e. The van der Waals surface area contributed by atoms with Crippen molar-refractivity contribution in [3.63, 3.8) is 0 Å². The second-order valence-electron chi connectivity index (χ2n) is 4.70. The molecule has 0 aromatic rings. The maximum atomic E-state index is 5.40. The van der Waals surface area contributed by atoms with Gasteiger partial charge < -0.3 is 14.2 Å². The van der Waals surface area contributed by atoms with Crippen LogP contribution in [0.3, 0.4) is 0 Å². The van der Waals surface area contributed by atoms with Gasteiger partial charge in [0.05, 0.1) is 20.0 Å². The van der Waals surface area contributed by atoms with Gasteiger partial charge in [0.15, 0.2) is 0 Å². The summed E-state index contributed by atoms with van der Waals surface area (Å²) in [5, 5.41) is 0. The molecule has 0 aromatic heterocycles. The highest BCUT2D eigenvalue weighted by Gasteiger charge is 2.31. The van der Waals surface area contributed by atoms with Crippen molar-refractivity contribution in [3.8, 4) is 0 Å². The normalized spacial score (nSPS) is 25.0. The fraction of sp³-hybridized carbons (Fsp3) is 1.00. The van der Waals surface area contributed by atoms with E-state index in [0.29, 0.717) is 0 Å². The van der Waals surface area contributed by atoms with Crippen molar-refractivity contribution < 1.29 is 14.2 Å². The summed E-state index contributed by atoms with van der Waals surface area (Å²) in [7, 11) is 5.19. The van der Waals surface area contributed by atoms with Crippen LogP contribution in [0.5, 0.6) is 0 Å². The van der Waals surface area contributed by atoms with Gasteiger partial charge in [0.2, 0.25) is 0 Å². The van der Waals surface area contributed by atoms with Crippen LogP contribution >= 0.6 is 0 Å². The maximum Gasteiger partial charge on any atom is 0.109 e. The number of rotatable bonds is 6. The quantitative estimate of drug-likeness (QED) is 0.702.